The van der Waals surface area contributed by atoms with Gasteiger partial charge in [0, 0.05) is 41.8 Å². The monoisotopic (exact) mass is 421 g/mol. The maximum absolute atomic E-state index is 14.3. The summed E-state index contributed by atoms with van der Waals surface area (Å²) in [5, 5.41) is 10.9. The molecule has 0 N–H and O–H groups in total. The number of nitro benzene ring substituents is 1. The molecule has 0 atom stereocenters. The average Bonchev–Trinajstić information content (AvgIpc) is 2.63. The van der Waals surface area contributed by atoms with E-state index in [1.807, 2.05) is 17.0 Å². The first-order valence-corrected chi connectivity index (χ1v) is 8.90. The van der Waals surface area contributed by atoms with Crippen molar-refractivity contribution >= 4 is 33.2 Å². The van der Waals surface area contributed by atoms with Crippen LogP contribution in [0.5, 0.6) is 0 Å². The number of aryl methyl sites for hydroxylation is 1. The summed E-state index contributed by atoms with van der Waals surface area (Å²) >= 11 is 3.34. The largest absolute Gasteiger partial charge is 0.366 e. The summed E-state index contributed by atoms with van der Waals surface area (Å²) in [5.41, 5.74) is 1.14. The normalized spacial score (nSPS) is 14.4. The van der Waals surface area contributed by atoms with Crippen molar-refractivity contribution in [3.63, 3.8) is 0 Å². The van der Waals surface area contributed by atoms with Gasteiger partial charge in [0.2, 0.25) is 0 Å². The fraction of sp³-hybridized carbons (Fsp3) is 0.278. The lowest BCUT2D eigenvalue weighted by Crippen LogP contribution is -2.49. The predicted molar refractivity (Wildman–Crippen MR) is 100 cm³/mol. The van der Waals surface area contributed by atoms with E-state index in [9.17, 15) is 19.3 Å². The van der Waals surface area contributed by atoms with Crippen LogP contribution in [-0.2, 0) is 0 Å². The fourth-order valence-corrected chi connectivity index (χ4v) is 3.28. The van der Waals surface area contributed by atoms with E-state index in [1.165, 1.54) is 6.07 Å². The molecule has 2 aromatic rings. The van der Waals surface area contributed by atoms with Gasteiger partial charge in [0.15, 0.2) is 5.82 Å². The lowest BCUT2D eigenvalue weighted by molar-refractivity contribution is -0.385. The van der Waals surface area contributed by atoms with Gasteiger partial charge in [0.1, 0.15) is 0 Å². The molecule has 1 heterocycles. The smallest absolute Gasteiger partial charge is 0.275 e. The highest BCUT2D eigenvalue weighted by atomic mass is 79.9. The zero-order valence-corrected chi connectivity index (χ0v) is 15.7. The van der Waals surface area contributed by atoms with Gasteiger partial charge in [-0.25, -0.2) is 4.39 Å². The number of piperazine rings is 1. The summed E-state index contributed by atoms with van der Waals surface area (Å²) in [6.45, 7) is 3.45. The molecule has 0 aromatic heterocycles. The third-order valence-corrected chi connectivity index (χ3v) is 4.99. The number of nitro groups is 1. The number of hydrogen-bond acceptors (Lipinski definition) is 4. The molecule has 1 aliphatic rings. The number of nitrogens with zero attached hydrogens (tertiary/aromatic N) is 3. The van der Waals surface area contributed by atoms with Crippen molar-refractivity contribution in [1.29, 1.82) is 0 Å². The van der Waals surface area contributed by atoms with Gasteiger partial charge >= 0.3 is 0 Å². The zero-order valence-electron chi connectivity index (χ0n) is 14.1. The van der Waals surface area contributed by atoms with E-state index in [2.05, 4.69) is 15.9 Å². The SMILES string of the molecule is Cc1cc(N2CCN(C(=O)c3ccc(Br)cc3)CC2)c(F)cc1[N+](=O)[O-]. The standard InChI is InChI=1S/C18H17BrFN3O3/c1-12-10-17(15(20)11-16(12)23(25)26)21-6-8-22(9-7-21)18(24)13-2-4-14(19)5-3-13/h2-5,10-11H,6-9H2,1H3. The minimum Gasteiger partial charge on any atom is -0.366 e. The Morgan fingerprint density at radius 1 is 1.15 bits per heavy atom. The van der Waals surface area contributed by atoms with Crippen LogP contribution in [0.25, 0.3) is 0 Å². The van der Waals surface area contributed by atoms with Crippen molar-refractivity contribution in [1.82, 2.24) is 4.90 Å². The highest BCUT2D eigenvalue weighted by Crippen LogP contribution is 2.29. The molecule has 6 nitrogen and oxygen atoms in total. The van der Waals surface area contributed by atoms with Crippen molar-refractivity contribution in [2.75, 3.05) is 31.1 Å². The Hall–Kier alpha value is -2.48. The topological polar surface area (TPSA) is 66.7 Å². The maximum atomic E-state index is 14.3. The number of amides is 1. The van der Waals surface area contributed by atoms with Crippen LogP contribution in [0.2, 0.25) is 0 Å². The summed E-state index contributed by atoms with van der Waals surface area (Å²) < 4.78 is 15.2. The molecular weight excluding hydrogens is 405 g/mol. The molecule has 0 radical (unpaired) electrons. The number of rotatable bonds is 3. The van der Waals surface area contributed by atoms with Crippen molar-refractivity contribution in [2.45, 2.75) is 6.92 Å². The first kappa shape index (κ1) is 18.3. The minimum absolute atomic E-state index is 0.0579. The van der Waals surface area contributed by atoms with Crippen LogP contribution in [0.15, 0.2) is 40.9 Å². The van der Waals surface area contributed by atoms with Gasteiger partial charge < -0.3 is 9.80 Å². The third-order valence-electron chi connectivity index (χ3n) is 4.46. The quantitative estimate of drug-likeness (QED) is 0.558. The Morgan fingerprint density at radius 3 is 2.35 bits per heavy atom. The van der Waals surface area contributed by atoms with E-state index >= 15 is 0 Å². The summed E-state index contributed by atoms with van der Waals surface area (Å²) in [4.78, 5) is 26.4. The van der Waals surface area contributed by atoms with Gasteiger partial charge in [-0.15, -0.1) is 0 Å². The predicted octanol–water partition coefficient (Wildman–Crippen LogP) is 3.77. The summed E-state index contributed by atoms with van der Waals surface area (Å²) in [7, 11) is 0. The first-order valence-electron chi connectivity index (χ1n) is 8.11. The molecule has 1 saturated heterocycles. The van der Waals surface area contributed by atoms with Crippen LogP contribution in [-0.4, -0.2) is 41.9 Å². The molecule has 2 aromatic carbocycles. The van der Waals surface area contributed by atoms with E-state index in [-0.39, 0.29) is 11.6 Å². The Labute approximate surface area is 158 Å². The second-order valence-corrected chi connectivity index (χ2v) is 7.05. The number of anilines is 1. The molecule has 1 amide bonds. The molecule has 3 rings (SSSR count). The van der Waals surface area contributed by atoms with E-state index in [0.29, 0.717) is 43.0 Å². The molecule has 1 aliphatic heterocycles. The van der Waals surface area contributed by atoms with E-state index in [0.717, 1.165) is 10.5 Å². The molecule has 8 heteroatoms. The van der Waals surface area contributed by atoms with Gasteiger partial charge in [0.25, 0.3) is 11.6 Å². The number of halogens is 2. The van der Waals surface area contributed by atoms with Gasteiger partial charge in [-0.05, 0) is 37.3 Å². The Morgan fingerprint density at radius 2 is 1.77 bits per heavy atom. The second-order valence-electron chi connectivity index (χ2n) is 6.13. The molecule has 136 valence electrons. The first-order chi connectivity index (χ1) is 12.4. The maximum Gasteiger partial charge on any atom is 0.275 e. The Balaban J connectivity index is 1.70. The van der Waals surface area contributed by atoms with Crippen LogP contribution in [0.3, 0.4) is 0 Å². The van der Waals surface area contributed by atoms with Crippen LogP contribution in [0, 0.1) is 22.9 Å². The van der Waals surface area contributed by atoms with E-state index in [4.69, 9.17) is 0 Å². The highest BCUT2D eigenvalue weighted by molar-refractivity contribution is 9.10. The highest BCUT2D eigenvalue weighted by Gasteiger charge is 2.25. The fourth-order valence-electron chi connectivity index (χ4n) is 3.02. The average molecular weight is 422 g/mol. The number of carbonyl (C=O) groups is 1. The molecule has 26 heavy (non-hydrogen) atoms. The molecule has 0 saturated carbocycles. The zero-order chi connectivity index (χ0) is 18.8. The van der Waals surface area contributed by atoms with Gasteiger partial charge in [-0.3, -0.25) is 14.9 Å². The van der Waals surface area contributed by atoms with Crippen LogP contribution in [0.1, 0.15) is 15.9 Å². The molecule has 0 spiro atoms. The molecule has 0 unspecified atom stereocenters. The molecular formula is C18H17BrFN3O3. The summed E-state index contributed by atoms with van der Waals surface area (Å²) in [6, 6.07) is 9.62. The van der Waals surface area contributed by atoms with Crippen molar-refractivity contribution < 1.29 is 14.1 Å². The number of benzene rings is 2. The van der Waals surface area contributed by atoms with E-state index < -0.39 is 10.7 Å². The van der Waals surface area contributed by atoms with Gasteiger partial charge in [-0.1, -0.05) is 15.9 Å². The van der Waals surface area contributed by atoms with Crippen molar-refractivity contribution in [2.24, 2.45) is 0 Å². The lowest BCUT2D eigenvalue weighted by atomic mass is 10.1. The Kier molecular flexibility index (Phi) is 5.22. The molecule has 1 fully saturated rings. The van der Waals surface area contributed by atoms with Crippen LogP contribution < -0.4 is 4.90 Å². The number of carbonyl (C=O) groups excluding carboxylic acids is 1. The summed E-state index contributed by atoms with van der Waals surface area (Å²) in [5.74, 6) is -0.674. The lowest BCUT2D eigenvalue weighted by Gasteiger charge is -2.36. The van der Waals surface area contributed by atoms with Crippen LogP contribution in [0.4, 0.5) is 15.8 Å². The molecule has 0 bridgehead atoms. The molecule has 0 aliphatic carbocycles. The van der Waals surface area contributed by atoms with Crippen molar-refractivity contribution in [3.8, 4) is 0 Å². The van der Waals surface area contributed by atoms with Gasteiger partial charge in [0.05, 0.1) is 16.7 Å². The van der Waals surface area contributed by atoms with Crippen molar-refractivity contribution in [3.05, 3.63) is 67.9 Å². The third kappa shape index (κ3) is 3.70. The summed E-state index contributed by atoms with van der Waals surface area (Å²) in [6.07, 6.45) is 0. The van der Waals surface area contributed by atoms with E-state index in [1.54, 1.807) is 24.0 Å². The second kappa shape index (κ2) is 7.41. The Bertz CT molecular complexity index is 850. The van der Waals surface area contributed by atoms with Crippen LogP contribution >= 0.6 is 15.9 Å². The number of hydrogen-bond donors (Lipinski definition) is 0. The van der Waals surface area contributed by atoms with Gasteiger partial charge in [-0.2, -0.15) is 0 Å². The minimum atomic E-state index is -0.616.